The van der Waals surface area contributed by atoms with Gasteiger partial charge in [-0.1, -0.05) is 6.08 Å². The number of carboxylic acid groups (broad SMARTS) is 1. The first-order chi connectivity index (χ1) is 8.24. The summed E-state index contributed by atoms with van der Waals surface area (Å²) in [5.41, 5.74) is -0.0228. The molecule has 0 radical (unpaired) electrons. The predicted octanol–water partition coefficient (Wildman–Crippen LogP) is 1.18. The summed E-state index contributed by atoms with van der Waals surface area (Å²) in [7, 11) is 0. The van der Waals surface area contributed by atoms with Gasteiger partial charge in [-0.2, -0.15) is 0 Å². The van der Waals surface area contributed by atoms with Crippen molar-refractivity contribution in [3.05, 3.63) is 30.6 Å². The van der Waals surface area contributed by atoms with Crippen molar-refractivity contribution in [1.29, 1.82) is 0 Å². The second kappa shape index (κ2) is 7.34. The van der Waals surface area contributed by atoms with Crippen molar-refractivity contribution in [1.82, 2.24) is 9.97 Å². The second-order valence-corrected chi connectivity index (χ2v) is 3.21. The Bertz CT molecular complexity index is 382. The zero-order valence-electron chi connectivity index (χ0n) is 9.43. The van der Waals surface area contributed by atoms with Crippen LogP contribution in [0.5, 0.6) is 0 Å². The van der Waals surface area contributed by atoms with E-state index < -0.39 is 5.97 Å². The zero-order chi connectivity index (χ0) is 12.5. The lowest BCUT2D eigenvalue weighted by Gasteiger charge is -2.05. The SMILES string of the molecule is C=CCOCCCNc1nccc(C(=O)O)n1. The molecular formula is C11H15N3O3. The first-order valence-electron chi connectivity index (χ1n) is 5.23. The fourth-order valence-electron chi connectivity index (χ4n) is 1.10. The monoisotopic (exact) mass is 237 g/mol. The molecule has 0 aliphatic carbocycles. The molecule has 17 heavy (non-hydrogen) atoms. The summed E-state index contributed by atoms with van der Waals surface area (Å²) >= 11 is 0. The maximum Gasteiger partial charge on any atom is 0.354 e. The fraction of sp³-hybridized carbons (Fsp3) is 0.364. The molecule has 2 N–H and O–H groups in total. The van der Waals surface area contributed by atoms with Gasteiger partial charge in [-0.05, 0) is 12.5 Å². The van der Waals surface area contributed by atoms with Gasteiger partial charge in [0, 0.05) is 19.3 Å². The Kier molecular flexibility index (Phi) is 5.67. The van der Waals surface area contributed by atoms with Gasteiger partial charge in [0.15, 0.2) is 5.69 Å². The Morgan fingerprint density at radius 2 is 2.47 bits per heavy atom. The van der Waals surface area contributed by atoms with Crippen LogP contribution >= 0.6 is 0 Å². The summed E-state index contributed by atoms with van der Waals surface area (Å²) in [6, 6.07) is 1.35. The standard InChI is InChI=1S/C11H15N3O3/c1-2-7-17-8-3-5-12-11-13-6-4-9(14-11)10(15)16/h2,4,6H,1,3,5,7-8H2,(H,15,16)(H,12,13,14). The number of rotatable bonds is 8. The number of nitrogens with zero attached hydrogens (tertiary/aromatic N) is 2. The molecule has 1 rings (SSSR count). The van der Waals surface area contributed by atoms with Crippen LogP contribution < -0.4 is 5.32 Å². The minimum atomic E-state index is -1.07. The molecule has 0 atom stereocenters. The third-order valence-electron chi connectivity index (χ3n) is 1.86. The quantitative estimate of drug-likeness (QED) is 0.521. The third kappa shape index (κ3) is 5.07. The van der Waals surface area contributed by atoms with Crippen molar-refractivity contribution in [3.63, 3.8) is 0 Å². The molecule has 0 unspecified atom stereocenters. The summed E-state index contributed by atoms with van der Waals surface area (Å²) in [5, 5.41) is 11.7. The molecule has 0 fully saturated rings. The van der Waals surface area contributed by atoms with Gasteiger partial charge in [0.1, 0.15) is 0 Å². The molecule has 0 spiro atoms. The van der Waals surface area contributed by atoms with Crippen LogP contribution in [0.25, 0.3) is 0 Å². The fourth-order valence-corrected chi connectivity index (χ4v) is 1.10. The normalized spacial score (nSPS) is 9.88. The van der Waals surface area contributed by atoms with Crippen LogP contribution in [-0.2, 0) is 4.74 Å². The number of hydrogen-bond acceptors (Lipinski definition) is 5. The number of carboxylic acids is 1. The van der Waals surface area contributed by atoms with E-state index in [0.717, 1.165) is 6.42 Å². The molecule has 0 saturated heterocycles. The number of nitrogens with one attached hydrogen (secondary N) is 1. The van der Waals surface area contributed by atoms with E-state index in [-0.39, 0.29) is 5.69 Å². The summed E-state index contributed by atoms with van der Waals surface area (Å²) in [4.78, 5) is 18.4. The highest BCUT2D eigenvalue weighted by Crippen LogP contribution is 2.00. The van der Waals surface area contributed by atoms with E-state index in [4.69, 9.17) is 9.84 Å². The number of carbonyl (C=O) groups is 1. The maximum absolute atomic E-state index is 10.7. The van der Waals surface area contributed by atoms with Gasteiger partial charge >= 0.3 is 5.97 Å². The average Bonchev–Trinajstić information content (AvgIpc) is 2.34. The minimum absolute atomic E-state index is 0.0228. The maximum atomic E-state index is 10.7. The average molecular weight is 237 g/mol. The van der Waals surface area contributed by atoms with Gasteiger partial charge in [0.25, 0.3) is 0 Å². The molecule has 0 aliphatic heterocycles. The van der Waals surface area contributed by atoms with Crippen LogP contribution in [0.4, 0.5) is 5.95 Å². The van der Waals surface area contributed by atoms with Gasteiger partial charge < -0.3 is 15.2 Å². The number of hydrogen-bond donors (Lipinski definition) is 2. The molecule has 0 bridgehead atoms. The number of ether oxygens (including phenoxy) is 1. The highest BCUT2D eigenvalue weighted by molar-refractivity contribution is 5.85. The Labute approximate surface area is 99.4 Å². The molecule has 1 heterocycles. The Hall–Kier alpha value is -1.95. The highest BCUT2D eigenvalue weighted by Gasteiger charge is 2.05. The number of anilines is 1. The first-order valence-corrected chi connectivity index (χ1v) is 5.23. The van der Waals surface area contributed by atoms with Crippen molar-refractivity contribution in [2.75, 3.05) is 25.1 Å². The zero-order valence-corrected chi connectivity index (χ0v) is 9.43. The van der Waals surface area contributed by atoms with Gasteiger partial charge in [0.2, 0.25) is 5.95 Å². The smallest absolute Gasteiger partial charge is 0.354 e. The van der Waals surface area contributed by atoms with E-state index in [2.05, 4.69) is 21.9 Å². The summed E-state index contributed by atoms with van der Waals surface area (Å²) < 4.78 is 5.19. The van der Waals surface area contributed by atoms with Crippen molar-refractivity contribution < 1.29 is 14.6 Å². The molecular weight excluding hydrogens is 222 g/mol. The lowest BCUT2D eigenvalue weighted by Crippen LogP contribution is -2.10. The summed E-state index contributed by atoms with van der Waals surface area (Å²) in [6.07, 6.45) is 3.88. The Morgan fingerprint density at radius 3 is 3.18 bits per heavy atom. The third-order valence-corrected chi connectivity index (χ3v) is 1.86. The van der Waals surface area contributed by atoms with Crippen LogP contribution in [0.1, 0.15) is 16.9 Å². The van der Waals surface area contributed by atoms with Crippen molar-refractivity contribution in [2.45, 2.75) is 6.42 Å². The number of aromatic nitrogens is 2. The van der Waals surface area contributed by atoms with Crippen molar-refractivity contribution >= 4 is 11.9 Å². The van der Waals surface area contributed by atoms with Gasteiger partial charge in [-0.3, -0.25) is 0 Å². The van der Waals surface area contributed by atoms with Gasteiger partial charge in [-0.25, -0.2) is 14.8 Å². The summed E-state index contributed by atoms with van der Waals surface area (Å²) in [5.74, 6) is -0.751. The van der Waals surface area contributed by atoms with E-state index in [0.29, 0.717) is 25.7 Å². The van der Waals surface area contributed by atoms with Crippen LogP contribution in [0.15, 0.2) is 24.9 Å². The minimum Gasteiger partial charge on any atom is -0.477 e. The lowest BCUT2D eigenvalue weighted by molar-refractivity contribution is 0.0690. The largest absolute Gasteiger partial charge is 0.477 e. The van der Waals surface area contributed by atoms with Gasteiger partial charge in [-0.15, -0.1) is 6.58 Å². The van der Waals surface area contributed by atoms with E-state index >= 15 is 0 Å². The molecule has 0 aromatic carbocycles. The van der Waals surface area contributed by atoms with E-state index in [1.807, 2.05) is 0 Å². The molecule has 0 amide bonds. The molecule has 0 aliphatic rings. The van der Waals surface area contributed by atoms with E-state index in [1.54, 1.807) is 6.08 Å². The molecule has 6 heteroatoms. The lowest BCUT2D eigenvalue weighted by atomic mass is 10.4. The van der Waals surface area contributed by atoms with E-state index in [1.165, 1.54) is 12.3 Å². The molecule has 6 nitrogen and oxygen atoms in total. The van der Waals surface area contributed by atoms with Crippen LogP contribution in [0.2, 0.25) is 0 Å². The summed E-state index contributed by atoms with van der Waals surface area (Å²) in [6.45, 7) is 5.30. The van der Waals surface area contributed by atoms with Crippen LogP contribution in [0.3, 0.4) is 0 Å². The molecule has 92 valence electrons. The first kappa shape index (κ1) is 13.1. The van der Waals surface area contributed by atoms with Crippen molar-refractivity contribution in [3.8, 4) is 0 Å². The topological polar surface area (TPSA) is 84.3 Å². The van der Waals surface area contributed by atoms with E-state index in [9.17, 15) is 4.79 Å². The predicted molar refractivity (Wildman–Crippen MR) is 63.1 cm³/mol. The molecule has 1 aromatic heterocycles. The molecule has 0 saturated carbocycles. The van der Waals surface area contributed by atoms with Crippen molar-refractivity contribution in [2.24, 2.45) is 0 Å². The second-order valence-electron chi connectivity index (χ2n) is 3.21. The van der Waals surface area contributed by atoms with Gasteiger partial charge in [0.05, 0.1) is 6.61 Å². The van der Waals surface area contributed by atoms with Crippen LogP contribution in [0, 0.1) is 0 Å². The van der Waals surface area contributed by atoms with Crippen LogP contribution in [-0.4, -0.2) is 40.8 Å². The Morgan fingerprint density at radius 1 is 1.65 bits per heavy atom. The number of aromatic carboxylic acids is 1. The Balaban J connectivity index is 2.29. The molecule has 1 aromatic rings. The highest BCUT2D eigenvalue weighted by atomic mass is 16.5.